The molecule has 1 saturated heterocycles. The summed E-state index contributed by atoms with van der Waals surface area (Å²) in [5.74, 6) is 0.275. The zero-order chi connectivity index (χ0) is 12.3. The Morgan fingerprint density at radius 1 is 1.29 bits per heavy atom. The second kappa shape index (κ2) is 5.67. The molecule has 0 spiro atoms. The molecule has 1 aromatic carbocycles. The normalized spacial score (nSPS) is 20.0. The van der Waals surface area contributed by atoms with Crippen molar-refractivity contribution in [3.63, 3.8) is 0 Å². The minimum atomic E-state index is 0.275. The Morgan fingerprint density at radius 2 is 1.94 bits per heavy atom. The van der Waals surface area contributed by atoms with Gasteiger partial charge in [0.25, 0.3) is 0 Å². The first-order valence-corrected chi connectivity index (χ1v) is 7.10. The van der Waals surface area contributed by atoms with E-state index in [0.717, 1.165) is 25.9 Å². The van der Waals surface area contributed by atoms with Crippen LogP contribution in [-0.4, -0.2) is 28.7 Å². The number of halogens is 1. The van der Waals surface area contributed by atoms with E-state index >= 15 is 0 Å². The third kappa shape index (κ3) is 3.32. The van der Waals surface area contributed by atoms with Crippen LogP contribution in [0.5, 0.6) is 0 Å². The van der Waals surface area contributed by atoms with Gasteiger partial charge in [-0.3, -0.25) is 4.79 Å². The molecule has 2 rings (SSSR count). The number of carbonyl (C=O) groups excluding carboxylic acids is 1. The van der Waals surface area contributed by atoms with Crippen LogP contribution in [0.15, 0.2) is 24.3 Å². The van der Waals surface area contributed by atoms with Crippen molar-refractivity contribution in [1.29, 1.82) is 0 Å². The van der Waals surface area contributed by atoms with Gasteiger partial charge in [-0.15, -0.1) is 0 Å². The van der Waals surface area contributed by atoms with Gasteiger partial charge in [-0.1, -0.05) is 47.1 Å². The molecule has 0 aliphatic carbocycles. The van der Waals surface area contributed by atoms with Gasteiger partial charge in [0, 0.05) is 24.3 Å². The van der Waals surface area contributed by atoms with Crippen molar-refractivity contribution < 1.29 is 4.79 Å². The molecule has 1 amide bonds. The molecule has 0 bridgehead atoms. The number of nitrogens with zero attached hydrogens (tertiary/aromatic N) is 1. The maximum atomic E-state index is 11.6. The van der Waals surface area contributed by atoms with Crippen LogP contribution >= 0.6 is 15.9 Å². The highest BCUT2D eigenvalue weighted by molar-refractivity contribution is 9.09. The van der Waals surface area contributed by atoms with Crippen molar-refractivity contribution >= 4 is 21.8 Å². The van der Waals surface area contributed by atoms with Crippen LogP contribution in [0.2, 0.25) is 0 Å². The van der Waals surface area contributed by atoms with Gasteiger partial charge in [-0.25, -0.2) is 0 Å². The molecule has 92 valence electrons. The first-order valence-electron chi connectivity index (χ1n) is 6.18. The molecule has 0 radical (unpaired) electrons. The fourth-order valence-corrected chi connectivity index (χ4v) is 2.77. The molecule has 17 heavy (non-hydrogen) atoms. The lowest BCUT2D eigenvalue weighted by Crippen LogP contribution is -2.27. The molecule has 3 heteroatoms. The van der Waals surface area contributed by atoms with E-state index in [0.29, 0.717) is 11.2 Å². The maximum absolute atomic E-state index is 11.6. The lowest BCUT2D eigenvalue weighted by Gasteiger charge is -2.15. The molecular weight excluding hydrogens is 278 g/mol. The third-order valence-electron chi connectivity index (χ3n) is 3.27. The lowest BCUT2D eigenvalue weighted by atomic mass is 10.1. The predicted octanol–water partition coefficient (Wildman–Crippen LogP) is 2.79. The van der Waals surface area contributed by atoms with E-state index < -0.39 is 0 Å². The van der Waals surface area contributed by atoms with Crippen LogP contribution in [0.25, 0.3) is 0 Å². The summed E-state index contributed by atoms with van der Waals surface area (Å²) in [4.78, 5) is 13.9. The monoisotopic (exact) mass is 295 g/mol. The smallest absolute Gasteiger partial charge is 0.223 e. The van der Waals surface area contributed by atoms with E-state index in [1.165, 1.54) is 11.1 Å². The fraction of sp³-hybridized carbons (Fsp3) is 0.500. The van der Waals surface area contributed by atoms with Crippen LogP contribution in [0.3, 0.4) is 0 Å². The Morgan fingerprint density at radius 3 is 2.47 bits per heavy atom. The fourth-order valence-electron chi connectivity index (χ4n) is 2.15. The summed E-state index contributed by atoms with van der Waals surface area (Å²) in [6, 6.07) is 8.69. The molecular formula is C14H18BrNO. The van der Waals surface area contributed by atoms with Crippen LogP contribution in [0.1, 0.15) is 24.5 Å². The summed E-state index contributed by atoms with van der Waals surface area (Å²) in [5.41, 5.74) is 2.68. The van der Waals surface area contributed by atoms with Gasteiger partial charge in [0.15, 0.2) is 0 Å². The molecule has 1 atom stereocenters. The number of rotatable bonds is 4. The van der Waals surface area contributed by atoms with Gasteiger partial charge in [0.05, 0.1) is 0 Å². The Kier molecular flexibility index (Phi) is 4.21. The first-order chi connectivity index (χ1) is 8.19. The Balaban J connectivity index is 1.87. The molecule has 0 aromatic heterocycles. The summed E-state index contributed by atoms with van der Waals surface area (Å²) < 4.78 is 0. The van der Waals surface area contributed by atoms with E-state index in [9.17, 15) is 4.79 Å². The number of carbonyl (C=O) groups is 1. The summed E-state index contributed by atoms with van der Waals surface area (Å²) >= 11 is 3.50. The molecule has 1 heterocycles. The summed E-state index contributed by atoms with van der Waals surface area (Å²) in [6.45, 7) is 3.85. The van der Waals surface area contributed by atoms with Gasteiger partial charge in [0.1, 0.15) is 0 Å². The topological polar surface area (TPSA) is 20.3 Å². The highest BCUT2D eigenvalue weighted by atomic mass is 79.9. The molecule has 2 nitrogen and oxygen atoms in total. The van der Waals surface area contributed by atoms with Crippen LogP contribution in [0, 0.1) is 0 Å². The lowest BCUT2D eigenvalue weighted by molar-refractivity contribution is -0.127. The molecule has 0 N–H and O–H groups in total. The molecule has 1 unspecified atom stereocenters. The maximum Gasteiger partial charge on any atom is 0.223 e. The van der Waals surface area contributed by atoms with Crippen LogP contribution in [0.4, 0.5) is 0 Å². The van der Waals surface area contributed by atoms with Gasteiger partial charge in [0.2, 0.25) is 5.91 Å². The van der Waals surface area contributed by atoms with Crippen LogP contribution < -0.4 is 0 Å². The molecule has 1 aliphatic rings. The van der Waals surface area contributed by atoms with Crippen molar-refractivity contribution in [2.45, 2.75) is 31.0 Å². The van der Waals surface area contributed by atoms with Gasteiger partial charge >= 0.3 is 0 Å². The minimum Gasteiger partial charge on any atom is -0.341 e. The highest BCUT2D eigenvalue weighted by Gasteiger charge is 2.26. The zero-order valence-electron chi connectivity index (χ0n) is 10.2. The number of aryl methyl sites for hydroxylation is 1. The van der Waals surface area contributed by atoms with Gasteiger partial charge in [-0.2, -0.15) is 0 Å². The standard InChI is InChI=1S/C14H18BrNO/c1-2-11-3-5-12(6-4-11)7-8-16-10-13(15)9-14(16)17/h3-6,13H,2,7-10H2,1H3. The van der Waals surface area contributed by atoms with Crippen LogP contribution in [-0.2, 0) is 17.6 Å². The van der Waals surface area contributed by atoms with Crippen molar-refractivity contribution in [1.82, 2.24) is 4.90 Å². The summed E-state index contributed by atoms with van der Waals surface area (Å²) in [7, 11) is 0. The number of hydrogen-bond donors (Lipinski definition) is 0. The van der Waals surface area contributed by atoms with Gasteiger partial charge in [-0.05, 0) is 24.0 Å². The zero-order valence-corrected chi connectivity index (χ0v) is 11.7. The van der Waals surface area contributed by atoms with E-state index in [2.05, 4.69) is 47.1 Å². The molecule has 1 aliphatic heterocycles. The average molecular weight is 296 g/mol. The minimum absolute atomic E-state index is 0.275. The third-order valence-corrected chi connectivity index (χ3v) is 3.88. The predicted molar refractivity (Wildman–Crippen MR) is 73.4 cm³/mol. The van der Waals surface area contributed by atoms with Crippen molar-refractivity contribution in [2.24, 2.45) is 0 Å². The summed E-state index contributed by atoms with van der Waals surface area (Å²) in [6.07, 6.45) is 2.68. The van der Waals surface area contributed by atoms with Crippen molar-refractivity contribution in [2.75, 3.05) is 13.1 Å². The SMILES string of the molecule is CCc1ccc(CCN2CC(Br)CC2=O)cc1. The summed E-state index contributed by atoms with van der Waals surface area (Å²) in [5, 5.41) is 0. The quantitative estimate of drug-likeness (QED) is 0.782. The van der Waals surface area contributed by atoms with Crippen molar-refractivity contribution in [3.8, 4) is 0 Å². The number of alkyl halides is 1. The Hall–Kier alpha value is -0.830. The molecule has 1 aromatic rings. The van der Waals surface area contributed by atoms with E-state index in [4.69, 9.17) is 0 Å². The second-order valence-corrected chi connectivity index (χ2v) is 5.86. The average Bonchev–Trinajstić information content (AvgIpc) is 2.66. The Labute approximate surface area is 111 Å². The Bertz CT molecular complexity index is 388. The van der Waals surface area contributed by atoms with E-state index in [1.807, 2.05) is 4.90 Å². The number of hydrogen-bond acceptors (Lipinski definition) is 1. The number of benzene rings is 1. The van der Waals surface area contributed by atoms with Crippen molar-refractivity contribution in [3.05, 3.63) is 35.4 Å². The number of likely N-dealkylation sites (tertiary alicyclic amines) is 1. The van der Waals surface area contributed by atoms with E-state index in [-0.39, 0.29) is 5.91 Å². The largest absolute Gasteiger partial charge is 0.341 e. The molecule has 1 fully saturated rings. The highest BCUT2D eigenvalue weighted by Crippen LogP contribution is 2.18. The molecule has 0 saturated carbocycles. The van der Waals surface area contributed by atoms with E-state index in [1.54, 1.807) is 0 Å². The number of amides is 1. The second-order valence-electron chi connectivity index (χ2n) is 4.56. The van der Waals surface area contributed by atoms with Gasteiger partial charge < -0.3 is 4.90 Å². The first kappa shape index (κ1) is 12.6.